The van der Waals surface area contributed by atoms with E-state index in [0.29, 0.717) is 10.6 Å². The number of carbonyl (C=O) groups excluding carboxylic acids is 1. The molecule has 0 aliphatic rings. The smallest absolute Gasteiger partial charge is 0.342 e. The molecule has 0 aliphatic carbocycles. The van der Waals surface area contributed by atoms with Crippen molar-refractivity contribution in [1.82, 2.24) is 4.72 Å². The summed E-state index contributed by atoms with van der Waals surface area (Å²) in [7, 11) is -0.437. The van der Waals surface area contributed by atoms with Crippen LogP contribution >= 0.6 is 11.6 Å². The summed E-state index contributed by atoms with van der Waals surface area (Å²) in [6.45, 7) is 5.25. The van der Waals surface area contributed by atoms with Crippen LogP contribution in [-0.2, 0) is 20.5 Å². The molecule has 1 N–H and O–H groups in total. The molecule has 1 aromatic rings. The molecule has 0 spiro atoms. The first-order valence-electron chi connectivity index (χ1n) is 6.32. The van der Waals surface area contributed by atoms with Crippen LogP contribution in [0.4, 0.5) is 4.39 Å². The zero-order valence-electron chi connectivity index (χ0n) is 12.4. The lowest BCUT2D eigenvalue weighted by molar-refractivity contribution is -0.147. The van der Waals surface area contributed by atoms with Crippen LogP contribution in [0.25, 0.3) is 0 Å². The van der Waals surface area contributed by atoms with Crippen molar-refractivity contribution in [3.05, 3.63) is 34.9 Å². The van der Waals surface area contributed by atoms with Gasteiger partial charge in [-0.1, -0.05) is 23.7 Å². The number of benzene rings is 1. The molecule has 0 aliphatic heterocycles. The van der Waals surface area contributed by atoms with Crippen molar-refractivity contribution in [2.45, 2.75) is 37.7 Å². The first-order valence-corrected chi connectivity index (χ1v) is 7.85. The van der Waals surface area contributed by atoms with Gasteiger partial charge in [-0.15, -0.1) is 0 Å². The van der Waals surface area contributed by atoms with Crippen molar-refractivity contribution in [3.8, 4) is 0 Å². The molecule has 21 heavy (non-hydrogen) atoms. The van der Waals surface area contributed by atoms with E-state index >= 15 is 0 Å². The summed E-state index contributed by atoms with van der Waals surface area (Å²) < 4.78 is 33.0. The highest BCUT2D eigenvalue weighted by atomic mass is 35.5. The van der Waals surface area contributed by atoms with E-state index in [0.717, 1.165) is 7.11 Å². The third-order valence-corrected chi connectivity index (χ3v) is 4.57. The summed E-state index contributed by atoms with van der Waals surface area (Å²) in [5.74, 6) is -1.02. The summed E-state index contributed by atoms with van der Waals surface area (Å²) in [4.78, 5) is 11.5. The summed E-state index contributed by atoms with van der Waals surface area (Å²) in [6, 6.07) is 5.24. The second kappa shape index (κ2) is 7.33. The van der Waals surface area contributed by atoms with Crippen LogP contribution in [0.1, 0.15) is 32.4 Å². The molecular weight excluding hydrogens is 317 g/mol. The van der Waals surface area contributed by atoms with E-state index in [2.05, 4.69) is 9.46 Å². The van der Waals surface area contributed by atoms with E-state index in [1.54, 1.807) is 45.0 Å². The molecule has 3 atom stereocenters. The van der Waals surface area contributed by atoms with Crippen LogP contribution in [0.2, 0.25) is 5.02 Å². The first-order chi connectivity index (χ1) is 9.66. The lowest BCUT2D eigenvalue weighted by Crippen LogP contribution is -2.41. The Hall–Kier alpha value is -0.980. The van der Waals surface area contributed by atoms with E-state index in [1.807, 2.05) is 0 Å². The molecule has 1 rings (SSSR count). The number of esters is 1. The second-order valence-corrected chi connectivity index (χ2v) is 7.89. The van der Waals surface area contributed by atoms with Crippen LogP contribution in [0, 0.1) is 0 Å². The minimum absolute atomic E-state index is 0.468. The van der Waals surface area contributed by atoms with Crippen LogP contribution in [0.3, 0.4) is 0 Å². The Labute approximate surface area is 131 Å². The molecule has 3 unspecified atom stereocenters. The van der Waals surface area contributed by atoms with E-state index in [9.17, 15) is 13.4 Å². The van der Waals surface area contributed by atoms with Crippen LogP contribution < -0.4 is 4.72 Å². The lowest BCUT2D eigenvalue weighted by Gasteiger charge is -2.25. The number of rotatable bonds is 5. The van der Waals surface area contributed by atoms with Crippen LogP contribution in [0.5, 0.6) is 0 Å². The van der Waals surface area contributed by atoms with E-state index in [4.69, 9.17) is 11.6 Å². The number of hydrogen-bond acceptors (Lipinski definition) is 3. The third kappa shape index (κ3) is 5.05. The maximum Gasteiger partial charge on any atom is 0.342 e. The number of alkyl halides is 1. The molecule has 0 fully saturated rings. The van der Waals surface area contributed by atoms with Gasteiger partial charge in [0.25, 0.3) is 0 Å². The molecule has 0 heterocycles. The highest BCUT2D eigenvalue weighted by molar-refractivity contribution is 7.84. The predicted molar refractivity (Wildman–Crippen MR) is 82.1 cm³/mol. The quantitative estimate of drug-likeness (QED) is 0.842. The summed E-state index contributed by atoms with van der Waals surface area (Å²) >= 11 is 5.80. The predicted octanol–water partition coefficient (Wildman–Crippen LogP) is 2.94. The standard InChI is InChI=1S/C14H19ClFNO3S/c1-14(2,3)21(19)17-12(11(16)13(18)20-4)9-5-7-10(15)8-6-9/h5-8,11-12,17H,1-4H3. The highest BCUT2D eigenvalue weighted by Gasteiger charge is 2.34. The molecule has 0 saturated carbocycles. The van der Waals surface area contributed by atoms with Gasteiger partial charge < -0.3 is 4.74 Å². The average molecular weight is 336 g/mol. The maximum atomic E-state index is 14.3. The Kier molecular flexibility index (Phi) is 6.31. The van der Waals surface area contributed by atoms with Gasteiger partial charge in [0, 0.05) is 5.02 Å². The normalized spacial score (nSPS) is 16.1. The molecule has 7 heteroatoms. The number of methoxy groups -OCH3 is 1. The van der Waals surface area contributed by atoms with E-state index in [-0.39, 0.29) is 0 Å². The molecule has 0 saturated heterocycles. The summed E-state index contributed by atoms with van der Waals surface area (Å²) in [6.07, 6.45) is -1.97. The van der Waals surface area contributed by atoms with E-state index < -0.39 is 33.9 Å². The van der Waals surface area contributed by atoms with Gasteiger partial charge in [-0.05, 0) is 38.5 Å². The molecule has 118 valence electrons. The Morgan fingerprint density at radius 2 is 1.86 bits per heavy atom. The number of ether oxygens (including phenoxy) is 1. The Bertz CT molecular complexity index is 516. The second-order valence-electron chi connectivity index (χ2n) is 5.45. The van der Waals surface area contributed by atoms with Crippen molar-refractivity contribution in [2.24, 2.45) is 0 Å². The van der Waals surface area contributed by atoms with Crippen molar-refractivity contribution < 1.29 is 18.1 Å². The van der Waals surface area contributed by atoms with Gasteiger partial charge in [-0.25, -0.2) is 18.1 Å². The molecule has 4 nitrogen and oxygen atoms in total. The SMILES string of the molecule is COC(=O)C(F)C(NS(=O)C(C)(C)C)c1ccc(Cl)cc1. The molecule has 0 radical (unpaired) electrons. The van der Waals surface area contributed by atoms with Gasteiger partial charge in [0.1, 0.15) is 0 Å². The van der Waals surface area contributed by atoms with Gasteiger partial charge in [0.05, 0.1) is 28.9 Å². The number of nitrogens with one attached hydrogen (secondary N) is 1. The molecule has 1 aromatic carbocycles. The van der Waals surface area contributed by atoms with Gasteiger partial charge >= 0.3 is 5.97 Å². The molecule has 0 aromatic heterocycles. The first kappa shape index (κ1) is 18.1. The third-order valence-electron chi connectivity index (χ3n) is 2.74. The van der Waals surface area contributed by atoms with Crippen LogP contribution in [-0.4, -0.2) is 28.2 Å². The maximum absolute atomic E-state index is 14.3. The average Bonchev–Trinajstić information content (AvgIpc) is 2.43. The van der Waals surface area contributed by atoms with Crippen LogP contribution in [0.15, 0.2) is 24.3 Å². The molecular formula is C14H19ClFNO3S. The largest absolute Gasteiger partial charge is 0.467 e. The molecule has 0 bridgehead atoms. The fourth-order valence-corrected chi connectivity index (χ4v) is 2.47. The van der Waals surface area contributed by atoms with Gasteiger partial charge in [-0.2, -0.15) is 0 Å². The zero-order valence-corrected chi connectivity index (χ0v) is 13.9. The molecule has 0 amide bonds. The van der Waals surface area contributed by atoms with Crippen molar-refractivity contribution in [1.29, 1.82) is 0 Å². The number of halogens is 2. The number of carbonyl (C=O) groups is 1. The van der Waals surface area contributed by atoms with Crippen molar-refractivity contribution in [2.75, 3.05) is 7.11 Å². The summed E-state index contributed by atoms with van der Waals surface area (Å²) in [5, 5.41) is 0.489. The van der Waals surface area contributed by atoms with Gasteiger partial charge in [0.15, 0.2) is 0 Å². The Morgan fingerprint density at radius 3 is 2.29 bits per heavy atom. The van der Waals surface area contributed by atoms with Crippen molar-refractivity contribution in [3.63, 3.8) is 0 Å². The van der Waals surface area contributed by atoms with Gasteiger partial charge in [0.2, 0.25) is 6.17 Å². The minimum Gasteiger partial charge on any atom is -0.467 e. The Morgan fingerprint density at radius 1 is 1.33 bits per heavy atom. The summed E-state index contributed by atoms with van der Waals surface area (Å²) in [5.41, 5.74) is 0.468. The topological polar surface area (TPSA) is 55.4 Å². The zero-order chi connectivity index (χ0) is 16.2. The van der Waals surface area contributed by atoms with Gasteiger partial charge in [-0.3, -0.25) is 0 Å². The minimum atomic E-state index is -1.97. The fourth-order valence-electron chi connectivity index (χ4n) is 1.51. The fraction of sp³-hybridized carbons (Fsp3) is 0.500. The van der Waals surface area contributed by atoms with Crippen molar-refractivity contribution >= 4 is 28.6 Å². The lowest BCUT2D eigenvalue weighted by atomic mass is 10.0. The van der Waals surface area contributed by atoms with E-state index in [1.165, 1.54) is 0 Å². The highest BCUT2D eigenvalue weighted by Crippen LogP contribution is 2.24. The number of hydrogen-bond donors (Lipinski definition) is 1. The monoisotopic (exact) mass is 335 g/mol. The Balaban J connectivity index is 3.08.